The first-order chi connectivity index (χ1) is 9.20. The molecule has 1 aromatic heterocycles. The number of nitrogens with one attached hydrogen (secondary N) is 1. The number of hydrogen-bond acceptors (Lipinski definition) is 3. The van der Waals surface area contributed by atoms with Crippen LogP contribution in [0.2, 0.25) is 10.0 Å². The van der Waals surface area contributed by atoms with Gasteiger partial charge in [0.25, 0.3) is 0 Å². The molecule has 5 heteroatoms. The Balaban J connectivity index is 2.01. The van der Waals surface area contributed by atoms with Crippen molar-refractivity contribution in [2.24, 2.45) is 0 Å². The Kier molecular flexibility index (Phi) is 5.52. The number of hydrogen-bond donors (Lipinski definition) is 1. The third-order valence-corrected chi connectivity index (χ3v) is 4.37. The molecule has 1 aromatic carbocycles. The van der Waals surface area contributed by atoms with Gasteiger partial charge < -0.3 is 10.1 Å². The molecule has 102 valence electrons. The van der Waals surface area contributed by atoms with Gasteiger partial charge in [-0.15, -0.1) is 11.3 Å². The summed E-state index contributed by atoms with van der Waals surface area (Å²) in [5.41, 5.74) is 0. The maximum absolute atomic E-state index is 6.17. The fraction of sp³-hybridized carbons (Fsp3) is 0.286. The van der Waals surface area contributed by atoms with E-state index in [0.717, 1.165) is 22.2 Å². The monoisotopic (exact) mass is 315 g/mol. The molecular weight excluding hydrogens is 301 g/mol. The van der Waals surface area contributed by atoms with Crippen LogP contribution < -0.4 is 10.1 Å². The molecule has 2 aromatic rings. The topological polar surface area (TPSA) is 21.3 Å². The first-order valence-corrected chi connectivity index (χ1v) is 7.69. The van der Waals surface area contributed by atoms with Crippen molar-refractivity contribution < 1.29 is 4.74 Å². The highest BCUT2D eigenvalue weighted by Crippen LogP contribution is 2.29. The van der Waals surface area contributed by atoms with Gasteiger partial charge in [0.1, 0.15) is 12.4 Å². The molecular formula is C14H15Cl2NOS. The highest BCUT2D eigenvalue weighted by atomic mass is 35.5. The molecule has 1 atom stereocenters. The van der Waals surface area contributed by atoms with Crippen LogP contribution in [0.3, 0.4) is 0 Å². The zero-order chi connectivity index (χ0) is 13.7. The van der Waals surface area contributed by atoms with E-state index < -0.39 is 0 Å². The summed E-state index contributed by atoms with van der Waals surface area (Å²) >= 11 is 13.7. The molecule has 0 amide bonds. The maximum atomic E-state index is 6.17. The molecule has 0 radical (unpaired) electrons. The van der Waals surface area contributed by atoms with Gasteiger partial charge in [-0.25, -0.2) is 0 Å². The molecule has 2 nitrogen and oxygen atoms in total. The van der Waals surface area contributed by atoms with Crippen LogP contribution >= 0.6 is 34.5 Å². The SMILES string of the molecule is CCNC(COc1ccc(Cl)cc1)c1sccc1Cl. The Hall–Kier alpha value is -0.740. The molecule has 0 saturated heterocycles. The Morgan fingerprint density at radius 3 is 2.53 bits per heavy atom. The minimum atomic E-state index is 0.105. The predicted octanol–water partition coefficient (Wildman–Crippen LogP) is 4.78. The quantitative estimate of drug-likeness (QED) is 0.828. The molecule has 0 bridgehead atoms. The molecule has 0 fully saturated rings. The minimum Gasteiger partial charge on any atom is -0.492 e. The van der Waals surface area contributed by atoms with Crippen molar-refractivity contribution in [1.29, 1.82) is 0 Å². The van der Waals surface area contributed by atoms with Crippen LogP contribution in [0.1, 0.15) is 17.8 Å². The van der Waals surface area contributed by atoms with Crippen molar-refractivity contribution in [3.63, 3.8) is 0 Å². The zero-order valence-corrected chi connectivity index (χ0v) is 12.9. The average molecular weight is 316 g/mol. The van der Waals surface area contributed by atoms with Crippen molar-refractivity contribution in [3.8, 4) is 5.75 Å². The van der Waals surface area contributed by atoms with Crippen molar-refractivity contribution in [1.82, 2.24) is 5.32 Å². The largest absolute Gasteiger partial charge is 0.492 e. The van der Waals surface area contributed by atoms with E-state index in [2.05, 4.69) is 12.2 Å². The summed E-state index contributed by atoms with van der Waals surface area (Å²) in [5.74, 6) is 0.806. The van der Waals surface area contributed by atoms with Crippen molar-refractivity contribution in [2.75, 3.05) is 13.2 Å². The van der Waals surface area contributed by atoms with E-state index in [0.29, 0.717) is 11.6 Å². The third-order valence-electron chi connectivity index (χ3n) is 2.64. The van der Waals surface area contributed by atoms with Gasteiger partial charge in [0.2, 0.25) is 0 Å². The number of likely N-dealkylation sites (N-methyl/N-ethyl adjacent to an activating group) is 1. The summed E-state index contributed by atoms with van der Waals surface area (Å²) in [6.07, 6.45) is 0. The number of ether oxygens (including phenoxy) is 1. The molecule has 1 unspecified atom stereocenters. The Morgan fingerprint density at radius 1 is 1.21 bits per heavy atom. The first-order valence-electron chi connectivity index (χ1n) is 6.05. The van der Waals surface area contributed by atoms with Gasteiger partial charge in [0.05, 0.1) is 11.1 Å². The van der Waals surface area contributed by atoms with Crippen molar-refractivity contribution >= 4 is 34.5 Å². The Labute approximate surface area is 127 Å². The van der Waals surface area contributed by atoms with Crippen LogP contribution in [0, 0.1) is 0 Å². The van der Waals surface area contributed by atoms with Crippen LogP contribution in [-0.4, -0.2) is 13.2 Å². The molecule has 1 N–H and O–H groups in total. The van der Waals surface area contributed by atoms with Crippen molar-refractivity contribution in [3.05, 3.63) is 50.6 Å². The van der Waals surface area contributed by atoms with Gasteiger partial charge in [0.15, 0.2) is 0 Å². The van der Waals surface area contributed by atoms with Gasteiger partial charge in [-0.05, 0) is 42.3 Å². The lowest BCUT2D eigenvalue weighted by molar-refractivity contribution is 0.270. The van der Waals surface area contributed by atoms with E-state index in [9.17, 15) is 0 Å². The summed E-state index contributed by atoms with van der Waals surface area (Å²) < 4.78 is 5.78. The number of benzene rings is 1. The molecule has 0 aliphatic carbocycles. The molecule has 0 saturated carbocycles. The number of halogens is 2. The normalized spacial score (nSPS) is 12.4. The lowest BCUT2D eigenvalue weighted by Crippen LogP contribution is -2.26. The van der Waals surface area contributed by atoms with Gasteiger partial charge in [-0.1, -0.05) is 30.1 Å². The van der Waals surface area contributed by atoms with Gasteiger partial charge in [-0.3, -0.25) is 0 Å². The summed E-state index contributed by atoms with van der Waals surface area (Å²) in [6, 6.07) is 9.37. The summed E-state index contributed by atoms with van der Waals surface area (Å²) in [7, 11) is 0. The van der Waals surface area contributed by atoms with Gasteiger partial charge in [-0.2, -0.15) is 0 Å². The third kappa shape index (κ3) is 4.11. The summed E-state index contributed by atoms with van der Waals surface area (Å²) in [5, 5.41) is 6.87. The van der Waals surface area contributed by atoms with E-state index >= 15 is 0 Å². The van der Waals surface area contributed by atoms with Crippen molar-refractivity contribution in [2.45, 2.75) is 13.0 Å². The molecule has 0 aliphatic heterocycles. The van der Waals surface area contributed by atoms with E-state index in [1.54, 1.807) is 11.3 Å². The lowest BCUT2D eigenvalue weighted by Gasteiger charge is -2.18. The average Bonchev–Trinajstić information content (AvgIpc) is 2.83. The van der Waals surface area contributed by atoms with Crippen LogP contribution in [0.25, 0.3) is 0 Å². The van der Waals surface area contributed by atoms with E-state index in [1.165, 1.54) is 0 Å². The Bertz CT molecular complexity index is 512. The minimum absolute atomic E-state index is 0.105. The number of rotatable bonds is 6. The second kappa shape index (κ2) is 7.15. The van der Waals surface area contributed by atoms with Gasteiger partial charge >= 0.3 is 0 Å². The second-order valence-electron chi connectivity index (χ2n) is 4.01. The maximum Gasteiger partial charge on any atom is 0.119 e. The standard InChI is InChI=1S/C14H15Cl2NOS/c1-2-17-13(14-12(16)7-8-19-14)9-18-11-5-3-10(15)4-6-11/h3-8,13,17H,2,9H2,1H3. The molecule has 2 rings (SSSR count). The smallest absolute Gasteiger partial charge is 0.119 e. The van der Waals surface area contributed by atoms with Crippen LogP contribution in [0.15, 0.2) is 35.7 Å². The second-order valence-corrected chi connectivity index (χ2v) is 5.80. The summed E-state index contributed by atoms with van der Waals surface area (Å²) in [4.78, 5) is 1.11. The van der Waals surface area contributed by atoms with Gasteiger partial charge in [0, 0.05) is 9.90 Å². The number of thiophene rings is 1. The Morgan fingerprint density at radius 2 is 1.95 bits per heavy atom. The zero-order valence-electron chi connectivity index (χ0n) is 10.5. The first kappa shape index (κ1) is 14.7. The lowest BCUT2D eigenvalue weighted by atomic mass is 10.2. The van der Waals surface area contributed by atoms with E-state index in [-0.39, 0.29) is 6.04 Å². The van der Waals surface area contributed by atoms with Crippen LogP contribution in [0.4, 0.5) is 0 Å². The molecule has 19 heavy (non-hydrogen) atoms. The summed E-state index contributed by atoms with van der Waals surface area (Å²) in [6.45, 7) is 3.47. The molecule has 1 heterocycles. The fourth-order valence-corrected chi connectivity index (χ4v) is 3.11. The highest BCUT2D eigenvalue weighted by molar-refractivity contribution is 7.10. The molecule has 0 aliphatic rings. The predicted molar refractivity (Wildman–Crippen MR) is 82.7 cm³/mol. The van der Waals surface area contributed by atoms with E-state index in [4.69, 9.17) is 27.9 Å². The highest BCUT2D eigenvalue weighted by Gasteiger charge is 2.16. The van der Waals surface area contributed by atoms with Crippen LogP contribution in [-0.2, 0) is 0 Å². The van der Waals surface area contributed by atoms with Crippen LogP contribution in [0.5, 0.6) is 5.75 Å². The fourth-order valence-electron chi connectivity index (χ4n) is 1.74. The van der Waals surface area contributed by atoms with E-state index in [1.807, 2.05) is 35.7 Å². The molecule has 0 spiro atoms.